The van der Waals surface area contributed by atoms with Crippen molar-refractivity contribution >= 4 is 5.91 Å². The number of likely N-dealkylation sites (N-methyl/N-ethyl adjacent to an activating group) is 1. The van der Waals surface area contributed by atoms with Crippen molar-refractivity contribution in [2.75, 3.05) is 13.1 Å². The van der Waals surface area contributed by atoms with Gasteiger partial charge in [-0.05, 0) is 32.9 Å². The molecule has 17 heavy (non-hydrogen) atoms. The van der Waals surface area contributed by atoms with Crippen molar-refractivity contribution in [3.63, 3.8) is 0 Å². The number of carbonyl (C=O) groups excluding carboxylic acids is 1. The minimum absolute atomic E-state index is 0.0404. The average Bonchev–Trinajstić information content (AvgIpc) is 2.24. The molecule has 1 amide bonds. The number of nitrogens with zero attached hydrogens (tertiary/aromatic N) is 1. The summed E-state index contributed by atoms with van der Waals surface area (Å²) in [5.74, 6) is -0.931. The van der Waals surface area contributed by atoms with Crippen molar-refractivity contribution in [1.29, 1.82) is 0 Å². The molecule has 0 aliphatic rings. The van der Waals surface area contributed by atoms with Crippen LogP contribution in [0.4, 0.5) is 4.39 Å². The number of rotatable bonds is 4. The lowest BCUT2D eigenvalue weighted by Gasteiger charge is -2.28. The van der Waals surface area contributed by atoms with Crippen molar-refractivity contribution in [3.8, 4) is 0 Å². The summed E-state index contributed by atoms with van der Waals surface area (Å²) < 4.78 is 13.5. The summed E-state index contributed by atoms with van der Waals surface area (Å²) in [5.41, 5.74) is -0.949. The lowest BCUT2D eigenvalue weighted by Crippen LogP contribution is -2.42. The standard InChI is InChI=1S/C13H18FNO2/c1-4-15(9-13(2,3)17)12(16)10-7-5-6-8-11(10)14/h5-8,17H,4,9H2,1-3H3. The van der Waals surface area contributed by atoms with Crippen LogP contribution in [0.2, 0.25) is 0 Å². The first kappa shape index (κ1) is 13.6. The highest BCUT2D eigenvalue weighted by Crippen LogP contribution is 2.12. The molecule has 0 radical (unpaired) electrons. The largest absolute Gasteiger partial charge is 0.389 e. The zero-order valence-electron chi connectivity index (χ0n) is 10.4. The van der Waals surface area contributed by atoms with Crippen LogP contribution in [0.1, 0.15) is 31.1 Å². The third-order valence-electron chi connectivity index (χ3n) is 2.35. The van der Waals surface area contributed by atoms with Gasteiger partial charge in [-0.1, -0.05) is 12.1 Å². The minimum atomic E-state index is -0.989. The number of aliphatic hydroxyl groups is 1. The van der Waals surface area contributed by atoms with Crippen LogP contribution in [-0.4, -0.2) is 34.6 Å². The van der Waals surface area contributed by atoms with Crippen LogP contribution in [0, 0.1) is 5.82 Å². The van der Waals surface area contributed by atoms with E-state index in [0.29, 0.717) is 6.54 Å². The fraction of sp³-hybridized carbons (Fsp3) is 0.462. The van der Waals surface area contributed by atoms with Gasteiger partial charge in [0.25, 0.3) is 5.91 Å². The molecule has 0 atom stereocenters. The smallest absolute Gasteiger partial charge is 0.256 e. The van der Waals surface area contributed by atoms with Gasteiger partial charge in [0.15, 0.2) is 0 Å². The summed E-state index contributed by atoms with van der Waals surface area (Å²) >= 11 is 0. The van der Waals surface area contributed by atoms with Crippen LogP contribution in [-0.2, 0) is 0 Å². The highest BCUT2D eigenvalue weighted by Gasteiger charge is 2.23. The van der Waals surface area contributed by atoms with E-state index in [4.69, 9.17) is 0 Å². The number of halogens is 1. The van der Waals surface area contributed by atoms with Crippen molar-refractivity contribution < 1.29 is 14.3 Å². The highest BCUT2D eigenvalue weighted by atomic mass is 19.1. The summed E-state index contributed by atoms with van der Waals surface area (Å²) in [7, 11) is 0. The molecule has 3 nitrogen and oxygen atoms in total. The molecule has 1 N–H and O–H groups in total. The van der Waals surface area contributed by atoms with Crippen molar-refractivity contribution in [2.24, 2.45) is 0 Å². The van der Waals surface area contributed by atoms with Crippen LogP contribution < -0.4 is 0 Å². The van der Waals surface area contributed by atoms with E-state index in [9.17, 15) is 14.3 Å². The Kier molecular flexibility index (Phi) is 4.23. The topological polar surface area (TPSA) is 40.5 Å². The number of carbonyl (C=O) groups is 1. The first-order chi connectivity index (χ1) is 7.85. The van der Waals surface area contributed by atoms with Gasteiger partial charge in [0, 0.05) is 13.1 Å². The third-order valence-corrected chi connectivity index (χ3v) is 2.35. The highest BCUT2D eigenvalue weighted by molar-refractivity contribution is 5.94. The third kappa shape index (κ3) is 3.82. The Balaban J connectivity index is 2.91. The Morgan fingerprint density at radius 3 is 2.47 bits per heavy atom. The summed E-state index contributed by atoms with van der Waals surface area (Å²) in [4.78, 5) is 13.5. The quantitative estimate of drug-likeness (QED) is 0.873. The maximum absolute atomic E-state index is 13.5. The molecule has 0 fully saturated rings. The van der Waals surface area contributed by atoms with E-state index in [1.54, 1.807) is 32.9 Å². The van der Waals surface area contributed by atoms with Crippen LogP contribution >= 0.6 is 0 Å². The molecule has 0 heterocycles. The molecule has 1 aromatic carbocycles. The molecular weight excluding hydrogens is 221 g/mol. The van der Waals surface area contributed by atoms with Crippen molar-refractivity contribution in [1.82, 2.24) is 4.90 Å². The fourth-order valence-corrected chi connectivity index (χ4v) is 1.60. The first-order valence-electron chi connectivity index (χ1n) is 5.61. The molecule has 0 aliphatic heterocycles. The molecule has 0 saturated heterocycles. The second-order valence-electron chi connectivity index (χ2n) is 4.61. The van der Waals surface area contributed by atoms with E-state index >= 15 is 0 Å². The molecule has 1 rings (SSSR count). The number of hydrogen-bond donors (Lipinski definition) is 1. The van der Waals surface area contributed by atoms with Gasteiger partial charge in [0.05, 0.1) is 11.2 Å². The molecule has 0 saturated carbocycles. The summed E-state index contributed by atoms with van der Waals surface area (Å²) in [5, 5.41) is 9.70. The lowest BCUT2D eigenvalue weighted by atomic mass is 10.1. The number of benzene rings is 1. The van der Waals surface area contributed by atoms with Crippen molar-refractivity contribution in [2.45, 2.75) is 26.4 Å². The van der Waals surface area contributed by atoms with E-state index < -0.39 is 17.3 Å². The maximum atomic E-state index is 13.5. The van der Waals surface area contributed by atoms with Gasteiger partial charge in [0.2, 0.25) is 0 Å². The SMILES string of the molecule is CCN(CC(C)(C)O)C(=O)c1ccccc1F. The Labute approximate surface area is 101 Å². The second-order valence-corrected chi connectivity index (χ2v) is 4.61. The monoisotopic (exact) mass is 239 g/mol. The Morgan fingerprint density at radius 1 is 1.41 bits per heavy atom. The van der Waals surface area contributed by atoms with Gasteiger partial charge in [-0.25, -0.2) is 4.39 Å². The van der Waals surface area contributed by atoms with Crippen LogP contribution in [0.3, 0.4) is 0 Å². The fourth-order valence-electron chi connectivity index (χ4n) is 1.60. The summed E-state index contributed by atoms with van der Waals surface area (Å²) in [6, 6.07) is 5.86. The van der Waals surface area contributed by atoms with Gasteiger partial charge >= 0.3 is 0 Å². The zero-order valence-corrected chi connectivity index (χ0v) is 10.4. The Morgan fingerprint density at radius 2 is 2.00 bits per heavy atom. The first-order valence-corrected chi connectivity index (χ1v) is 5.61. The van der Waals surface area contributed by atoms with E-state index in [2.05, 4.69) is 0 Å². The molecule has 4 heteroatoms. The minimum Gasteiger partial charge on any atom is -0.389 e. The zero-order chi connectivity index (χ0) is 13.1. The Hall–Kier alpha value is -1.42. The van der Waals surface area contributed by atoms with E-state index in [1.807, 2.05) is 0 Å². The van der Waals surface area contributed by atoms with Gasteiger partial charge in [-0.2, -0.15) is 0 Å². The normalized spacial score (nSPS) is 11.4. The molecule has 0 spiro atoms. The molecule has 94 valence electrons. The Bertz CT molecular complexity index is 399. The van der Waals surface area contributed by atoms with Gasteiger partial charge in [-0.3, -0.25) is 4.79 Å². The molecule has 1 aromatic rings. The van der Waals surface area contributed by atoms with Crippen molar-refractivity contribution in [3.05, 3.63) is 35.6 Å². The molecule has 0 aromatic heterocycles. The predicted octanol–water partition coefficient (Wildman–Crippen LogP) is 2.06. The summed E-state index contributed by atoms with van der Waals surface area (Å²) in [6.45, 7) is 5.63. The average molecular weight is 239 g/mol. The second kappa shape index (κ2) is 5.27. The van der Waals surface area contributed by atoms with E-state index in [1.165, 1.54) is 17.0 Å². The van der Waals surface area contributed by atoms with Crippen LogP contribution in [0.15, 0.2) is 24.3 Å². The molecule has 0 unspecified atom stereocenters. The van der Waals surface area contributed by atoms with Crippen LogP contribution in [0.5, 0.6) is 0 Å². The number of amides is 1. The summed E-state index contributed by atoms with van der Waals surface area (Å²) in [6.07, 6.45) is 0. The van der Waals surface area contributed by atoms with Crippen LogP contribution in [0.25, 0.3) is 0 Å². The maximum Gasteiger partial charge on any atom is 0.256 e. The lowest BCUT2D eigenvalue weighted by molar-refractivity contribution is 0.0312. The van der Waals surface area contributed by atoms with E-state index in [-0.39, 0.29) is 12.1 Å². The number of hydrogen-bond acceptors (Lipinski definition) is 2. The predicted molar refractivity (Wildman–Crippen MR) is 64.3 cm³/mol. The molecular formula is C13H18FNO2. The van der Waals surface area contributed by atoms with Gasteiger partial charge < -0.3 is 10.0 Å². The van der Waals surface area contributed by atoms with Gasteiger partial charge in [-0.15, -0.1) is 0 Å². The molecule has 0 aliphatic carbocycles. The van der Waals surface area contributed by atoms with Gasteiger partial charge in [0.1, 0.15) is 5.82 Å². The molecule has 0 bridgehead atoms. The van der Waals surface area contributed by atoms with E-state index in [0.717, 1.165) is 0 Å².